The summed E-state index contributed by atoms with van der Waals surface area (Å²) in [7, 11) is 6.49. The molecule has 0 aliphatic heterocycles. The fraction of sp³-hybridized carbons (Fsp3) is 0.588. The number of rotatable bonds is 6. The van der Waals surface area contributed by atoms with Crippen LogP contribution in [0.3, 0.4) is 0 Å². The number of anilines is 1. The number of Topliss-reactive ketones (excluding diaryl/α,β-unsaturated/α-hetero) is 1. The first-order chi connectivity index (χ1) is 9.48. The Bertz CT molecular complexity index is 460. The second-order valence-corrected chi connectivity index (χ2v) is 6.15. The molecule has 0 N–H and O–H groups in total. The molecule has 0 spiro atoms. The Morgan fingerprint density at radius 3 is 2.15 bits per heavy atom. The first kappa shape index (κ1) is 15.0. The fourth-order valence-electron chi connectivity index (χ4n) is 2.97. The van der Waals surface area contributed by atoms with E-state index in [9.17, 15) is 4.79 Å². The highest BCUT2D eigenvalue weighted by Gasteiger charge is 2.39. The molecule has 1 aromatic rings. The fourth-order valence-corrected chi connectivity index (χ4v) is 2.97. The molecule has 3 nitrogen and oxygen atoms in total. The quantitative estimate of drug-likeness (QED) is 0.744. The van der Waals surface area contributed by atoms with Gasteiger partial charge in [-0.1, -0.05) is 6.92 Å². The van der Waals surface area contributed by atoms with Crippen molar-refractivity contribution in [3.8, 4) is 0 Å². The van der Waals surface area contributed by atoms with Crippen molar-refractivity contribution in [3.63, 3.8) is 0 Å². The molecule has 2 rings (SSSR count). The maximum atomic E-state index is 11.6. The molecule has 0 unspecified atom stereocenters. The zero-order valence-electron chi connectivity index (χ0n) is 13.1. The number of ketones is 1. The minimum absolute atomic E-state index is 0.211. The third-order valence-corrected chi connectivity index (χ3v) is 4.72. The van der Waals surface area contributed by atoms with Crippen molar-refractivity contribution in [1.82, 2.24) is 4.90 Å². The maximum Gasteiger partial charge on any atom is 0.162 e. The molecule has 1 saturated carbocycles. The Kier molecular flexibility index (Phi) is 4.48. The molecule has 0 heterocycles. The van der Waals surface area contributed by atoms with Crippen molar-refractivity contribution in [2.45, 2.75) is 38.1 Å². The number of benzene rings is 1. The number of nitrogens with zero attached hydrogens (tertiary/aromatic N) is 2. The highest BCUT2D eigenvalue weighted by atomic mass is 16.1. The summed E-state index contributed by atoms with van der Waals surface area (Å²) in [6.45, 7) is 2.95. The van der Waals surface area contributed by atoms with Crippen LogP contribution in [0.4, 0.5) is 5.69 Å². The molecule has 0 atom stereocenters. The third kappa shape index (κ3) is 2.88. The van der Waals surface area contributed by atoms with Crippen molar-refractivity contribution >= 4 is 11.5 Å². The number of hydrogen-bond acceptors (Lipinski definition) is 3. The number of hydrogen-bond donors (Lipinski definition) is 0. The van der Waals surface area contributed by atoms with Crippen LogP contribution >= 0.6 is 0 Å². The van der Waals surface area contributed by atoms with Gasteiger partial charge < -0.3 is 9.80 Å². The van der Waals surface area contributed by atoms with Gasteiger partial charge in [0.15, 0.2) is 5.78 Å². The predicted octanol–water partition coefficient (Wildman–Crippen LogP) is 3.20. The zero-order valence-corrected chi connectivity index (χ0v) is 13.1. The molecule has 1 aromatic carbocycles. The first-order valence-electron chi connectivity index (χ1n) is 7.50. The highest BCUT2D eigenvalue weighted by molar-refractivity contribution is 5.96. The van der Waals surface area contributed by atoms with E-state index in [0.717, 1.165) is 12.1 Å². The molecule has 0 bridgehead atoms. The van der Waals surface area contributed by atoms with Crippen molar-refractivity contribution in [3.05, 3.63) is 29.8 Å². The normalized spacial score (nSPS) is 16.9. The van der Waals surface area contributed by atoms with Crippen LogP contribution in [0.25, 0.3) is 0 Å². The predicted molar refractivity (Wildman–Crippen MR) is 84.6 cm³/mol. The van der Waals surface area contributed by atoms with E-state index in [4.69, 9.17) is 0 Å². The van der Waals surface area contributed by atoms with Crippen molar-refractivity contribution < 1.29 is 4.79 Å². The van der Waals surface area contributed by atoms with E-state index in [1.165, 1.54) is 24.9 Å². The highest BCUT2D eigenvalue weighted by Crippen LogP contribution is 2.37. The summed E-state index contributed by atoms with van der Waals surface area (Å²) in [5.41, 5.74) is 2.33. The topological polar surface area (TPSA) is 23.6 Å². The molecular formula is C17H26N2O. The van der Waals surface area contributed by atoms with Crippen LogP contribution in [0.15, 0.2) is 24.3 Å². The first-order valence-corrected chi connectivity index (χ1v) is 7.50. The Labute approximate surface area is 122 Å². The molecule has 0 aromatic heterocycles. The average Bonchev–Trinajstić information content (AvgIpc) is 2.41. The Hall–Kier alpha value is -1.35. The van der Waals surface area contributed by atoms with Crippen molar-refractivity contribution in [2.75, 3.05) is 32.6 Å². The van der Waals surface area contributed by atoms with Crippen molar-refractivity contribution in [1.29, 1.82) is 0 Å². The lowest BCUT2D eigenvalue weighted by Crippen LogP contribution is -2.56. The van der Waals surface area contributed by atoms with Gasteiger partial charge in [0.1, 0.15) is 0 Å². The molecule has 0 radical (unpaired) electrons. The number of carbonyl (C=O) groups is 1. The molecule has 20 heavy (non-hydrogen) atoms. The lowest BCUT2D eigenvalue weighted by molar-refractivity contribution is 0.0683. The second-order valence-electron chi connectivity index (χ2n) is 6.15. The van der Waals surface area contributed by atoms with Gasteiger partial charge in [-0.15, -0.1) is 0 Å². The molecule has 0 amide bonds. The van der Waals surface area contributed by atoms with E-state index in [2.05, 4.69) is 43.1 Å². The summed E-state index contributed by atoms with van der Waals surface area (Å²) in [5.74, 6) is 0.211. The van der Waals surface area contributed by atoms with Crippen molar-refractivity contribution in [2.24, 2.45) is 0 Å². The largest absolute Gasteiger partial charge is 0.373 e. The smallest absolute Gasteiger partial charge is 0.162 e. The molecule has 1 aliphatic rings. The number of likely N-dealkylation sites (N-methyl/N-ethyl adjacent to an activating group) is 2. The monoisotopic (exact) mass is 274 g/mol. The number of carbonyl (C=O) groups excluding carboxylic acids is 1. The Morgan fingerprint density at radius 2 is 1.75 bits per heavy atom. The van der Waals surface area contributed by atoms with E-state index in [0.29, 0.717) is 12.0 Å². The van der Waals surface area contributed by atoms with Crippen LogP contribution < -0.4 is 4.90 Å². The van der Waals surface area contributed by atoms with Gasteiger partial charge in [0.25, 0.3) is 0 Å². The molecular weight excluding hydrogens is 248 g/mol. The van der Waals surface area contributed by atoms with Gasteiger partial charge in [0.05, 0.1) is 0 Å². The van der Waals surface area contributed by atoms with Crippen LogP contribution in [0.1, 0.15) is 43.0 Å². The summed E-state index contributed by atoms with van der Waals surface area (Å²) in [4.78, 5) is 16.3. The van der Waals surface area contributed by atoms with Crippen LogP contribution in [0.2, 0.25) is 0 Å². The van der Waals surface area contributed by atoms with Crippen LogP contribution in [-0.2, 0) is 0 Å². The molecule has 3 heteroatoms. The lowest BCUT2D eigenvalue weighted by Gasteiger charge is -2.49. The van der Waals surface area contributed by atoms with Gasteiger partial charge in [-0.2, -0.15) is 0 Å². The van der Waals surface area contributed by atoms with E-state index < -0.39 is 0 Å². The van der Waals surface area contributed by atoms with E-state index in [1.54, 1.807) is 0 Å². The van der Waals surface area contributed by atoms with Gasteiger partial charge in [0.2, 0.25) is 0 Å². The third-order valence-electron chi connectivity index (χ3n) is 4.72. The molecule has 0 saturated heterocycles. The Balaban J connectivity index is 2.06. The molecule has 110 valence electrons. The summed E-state index contributed by atoms with van der Waals surface area (Å²) >= 11 is 0. The molecule has 1 aliphatic carbocycles. The van der Waals surface area contributed by atoms with E-state index in [1.807, 2.05) is 19.1 Å². The maximum absolute atomic E-state index is 11.6. The summed E-state index contributed by atoms with van der Waals surface area (Å²) in [5, 5.41) is 0. The van der Waals surface area contributed by atoms with Crippen LogP contribution in [-0.4, -0.2) is 43.9 Å². The van der Waals surface area contributed by atoms with Crippen LogP contribution in [0.5, 0.6) is 0 Å². The average molecular weight is 274 g/mol. The van der Waals surface area contributed by atoms with Crippen LogP contribution in [0, 0.1) is 0 Å². The lowest BCUT2D eigenvalue weighted by atomic mass is 9.75. The summed E-state index contributed by atoms with van der Waals surface area (Å²) < 4.78 is 0. The summed E-state index contributed by atoms with van der Waals surface area (Å²) in [6.07, 6.45) is 4.45. The zero-order chi connectivity index (χ0) is 14.8. The summed E-state index contributed by atoms with van der Waals surface area (Å²) in [6, 6.07) is 8.01. The van der Waals surface area contributed by atoms with E-state index in [-0.39, 0.29) is 5.78 Å². The minimum atomic E-state index is 0.211. The van der Waals surface area contributed by atoms with Gasteiger partial charge >= 0.3 is 0 Å². The standard InChI is InChI=1S/C17H26N2O/c1-5-16(20)14-7-9-15(10-8-14)19(4)13-17(18(2)3)11-6-12-17/h7-10H,5-6,11-13H2,1-4H3. The van der Waals surface area contributed by atoms with Gasteiger partial charge in [-0.25, -0.2) is 0 Å². The second kappa shape index (κ2) is 5.96. The SMILES string of the molecule is CCC(=O)c1ccc(N(C)CC2(N(C)C)CCC2)cc1. The minimum Gasteiger partial charge on any atom is -0.373 e. The van der Waals surface area contributed by atoms with Gasteiger partial charge in [0, 0.05) is 36.8 Å². The Morgan fingerprint density at radius 1 is 1.15 bits per heavy atom. The molecule has 1 fully saturated rings. The van der Waals surface area contributed by atoms with E-state index >= 15 is 0 Å². The van der Waals surface area contributed by atoms with Gasteiger partial charge in [-0.05, 0) is 57.6 Å². The van der Waals surface area contributed by atoms with Gasteiger partial charge in [-0.3, -0.25) is 4.79 Å².